The fourth-order valence-corrected chi connectivity index (χ4v) is 4.50. The van der Waals surface area contributed by atoms with E-state index in [-0.39, 0.29) is 29.6 Å². The number of aliphatic hydroxyl groups is 1. The average molecular weight is 520 g/mol. The highest BCUT2D eigenvalue weighted by Gasteiger charge is 2.58. The first-order chi connectivity index (χ1) is 16.9. The van der Waals surface area contributed by atoms with Gasteiger partial charge in [0.1, 0.15) is 17.3 Å². The Kier molecular flexibility index (Phi) is 5.79. The molecule has 0 spiro atoms. The fourth-order valence-electron chi connectivity index (χ4n) is 4.28. The van der Waals surface area contributed by atoms with Gasteiger partial charge >= 0.3 is 6.03 Å². The second kappa shape index (κ2) is 8.59. The number of amides is 3. The summed E-state index contributed by atoms with van der Waals surface area (Å²) in [4.78, 5) is 26.7. The Morgan fingerprint density at radius 3 is 2.69 bits per heavy atom. The summed E-state index contributed by atoms with van der Waals surface area (Å²) < 4.78 is 33.6. The van der Waals surface area contributed by atoms with Crippen molar-refractivity contribution < 1.29 is 28.2 Å². The molecule has 1 saturated carbocycles. The minimum atomic E-state index is -2.87. The molecular formula is C24H24ClF2N5O4. The van der Waals surface area contributed by atoms with E-state index >= 15 is 0 Å². The molecule has 2 aromatic heterocycles. The van der Waals surface area contributed by atoms with Gasteiger partial charge in [0, 0.05) is 37.8 Å². The number of carbonyl (C=O) groups is 2. The molecule has 3 heterocycles. The van der Waals surface area contributed by atoms with E-state index in [1.54, 1.807) is 41.6 Å². The van der Waals surface area contributed by atoms with Crippen molar-refractivity contribution in [2.24, 2.45) is 0 Å². The number of β-amino-alcohol motifs (C(OH)–C–C–N with tert-alkyl or cyclic N) is 1. The Balaban J connectivity index is 1.34. The first kappa shape index (κ1) is 24.3. The third-order valence-electron chi connectivity index (χ3n) is 6.41. The highest BCUT2D eigenvalue weighted by atomic mass is 35.5. The molecule has 5 rings (SSSR count). The molecule has 9 nitrogen and oxygen atoms in total. The van der Waals surface area contributed by atoms with Gasteiger partial charge in [0.05, 0.1) is 28.1 Å². The molecule has 0 radical (unpaired) electrons. The summed E-state index contributed by atoms with van der Waals surface area (Å²) in [6, 6.07) is 4.26. The van der Waals surface area contributed by atoms with Crippen LogP contribution in [0.1, 0.15) is 35.7 Å². The predicted octanol–water partition coefficient (Wildman–Crippen LogP) is 4.21. The van der Waals surface area contributed by atoms with Gasteiger partial charge in [-0.25, -0.2) is 18.1 Å². The van der Waals surface area contributed by atoms with Gasteiger partial charge < -0.3 is 25.4 Å². The van der Waals surface area contributed by atoms with Crippen LogP contribution in [0.15, 0.2) is 36.7 Å². The van der Waals surface area contributed by atoms with E-state index in [1.807, 2.05) is 0 Å². The molecule has 3 aromatic rings. The van der Waals surface area contributed by atoms with E-state index in [0.717, 1.165) is 0 Å². The van der Waals surface area contributed by atoms with Crippen molar-refractivity contribution in [2.45, 2.75) is 44.3 Å². The summed E-state index contributed by atoms with van der Waals surface area (Å²) >= 11 is 6.28. The number of aryl methyl sites for hydroxylation is 1. The van der Waals surface area contributed by atoms with Gasteiger partial charge in [0.25, 0.3) is 11.8 Å². The van der Waals surface area contributed by atoms with Crippen LogP contribution in [0.3, 0.4) is 0 Å². The summed E-state index contributed by atoms with van der Waals surface area (Å²) in [5, 5.41) is 19.3. The molecule has 190 valence electrons. The lowest BCUT2D eigenvalue weighted by atomic mass is 10.1. The van der Waals surface area contributed by atoms with Crippen LogP contribution in [-0.4, -0.2) is 62.2 Å². The second-order valence-corrected chi connectivity index (χ2v) is 9.90. The average Bonchev–Trinajstić information content (AvgIpc) is 3.09. The smallest absolute Gasteiger partial charge is 0.319 e. The van der Waals surface area contributed by atoms with E-state index in [0.29, 0.717) is 41.1 Å². The molecule has 0 bridgehead atoms. The highest BCUT2D eigenvalue weighted by molar-refractivity contribution is 6.33. The fraction of sp³-hybridized carbons (Fsp3) is 0.375. The monoisotopic (exact) mass is 519 g/mol. The SMILES string of the molecule is Cc1c(C(=O)N2CC[C@@](C)(O)C2)cn2nccc(Oc3ccc(NC(=O)NC4CC4(F)F)c(Cl)c3)c12. The molecule has 1 aromatic carbocycles. The maximum Gasteiger partial charge on any atom is 0.319 e. The van der Waals surface area contributed by atoms with E-state index < -0.39 is 23.6 Å². The summed E-state index contributed by atoms with van der Waals surface area (Å²) in [5.74, 6) is -2.27. The van der Waals surface area contributed by atoms with Crippen LogP contribution in [0.2, 0.25) is 5.02 Å². The predicted molar refractivity (Wildman–Crippen MR) is 128 cm³/mol. The summed E-state index contributed by atoms with van der Waals surface area (Å²) in [6.07, 6.45) is 3.30. The number of halogens is 3. The number of carbonyl (C=O) groups excluding carboxylic acids is 2. The maximum atomic E-state index is 13.1. The molecule has 1 unspecified atom stereocenters. The number of hydrogen-bond donors (Lipinski definition) is 3. The number of alkyl halides is 2. The maximum absolute atomic E-state index is 13.1. The highest BCUT2D eigenvalue weighted by Crippen LogP contribution is 2.41. The first-order valence-corrected chi connectivity index (χ1v) is 11.7. The van der Waals surface area contributed by atoms with Gasteiger partial charge in [0.15, 0.2) is 5.75 Å². The number of likely N-dealkylation sites (tertiary alicyclic amines) is 1. The number of urea groups is 1. The van der Waals surface area contributed by atoms with E-state index in [2.05, 4.69) is 15.7 Å². The first-order valence-electron chi connectivity index (χ1n) is 11.3. The van der Waals surface area contributed by atoms with E-state index in [4.69, 9.17) is 16.3 Å². The van der Waals surface area contributed by atoms with Crippen LogP contribution < -0.4 is 15.4 Å². The molecule has 1 aliphatic heterocycles. The minimum Gasteiger partial charge on any atom is -0.455 e. The van der Waals surface area contributed by atoms with Crippen molar-refractivity contribution in [3.8, 4) is 11.5 Å². The standard InChI is InChI=1S/C24H24ClF2N5O4/c1-13-15(21(33)31-8-6-23(2,35)12-31)11-32-20(13)18(5-7-28-32)36-14-3-4-17(16(25)9-14)29-22(34)30-19-10-24(19,26)27/h3-5,7,9,11,19,35H,6,8,10,12H2,1-2H3,(H2,29,30,34)/t19?,23-/m1/s1. The molecular weight excluding hydrogens is 496 g/mol. The Hall–Kier alpha value is -3.44. The summed E-state index contributed by atoms with van der Waals surface area (Å²) in [6.45, 7) is 4.23. The van der Waals surface area contributed by atoms with Gasteiger partial charge in [-0.05, 0) is 38.0 Å². The number of anilines is 1. The third-order valence-corrected chi connectivity index (χ3v) is 6.72. The Morgan fingerprint density at radius 1 is 1.31 bits per heavy atom. The number of nitrogens with zero attached hydrogens (tertiary/aromatic N) is 3. The normalized spacial score (nSPS) is 22.5. The van der Waals surface area contributed by atoms with Crippen molar-refractivity contribution in [3.63, 3.8) is 0 Å². The zero-order valence-electron chi connectivity index (χ0n) is 19.5. The lowest BCUT2D eigenvalue weighted by Gasteiger charge is -2.18. The Bertz CT molecular complexity index is 1380. The molecule has 36 heavy (non-hydrogen) atoms. The number of aromatic nitrogens is 2. The van der Waals surface area contributed by atoms with Crippen LogP contribution in [-0.2, 0) is 0 Å². The number of ether oxygens (including phenoxy) is 1. The van der Waals surface area contributed by atoms with Gasteiger partial charge in [-0.2, -0.15) is 5.10 Å². The van der Waals surface area contributed by atoms with Gasteiger partial charge in [-0.15, -0.1) is 0 Å². The van der Waals surface area contributed by atoms with Crippen LogP contribution in [0, 0.1) is 6.92 Å². The Labute approximate surface area is 210 Å². The lowest BCUT2D eigenvalue weighted by Crippen LogP contribution is -2.34. The molecule has 2 fully saturated rings. The van der Waals surface area contributed by atoms with Crippen molar-refractivity contribution in [1.29, 1.82) is 0 Å². The molecule has 1 aliphatic carbocycles. The summed E-state index contributed by atoms with van der Waals surface area (Å²) in [7, 11) is 0. The molecule has 3 N–H and O–H groups in total. The minimum absolute atomic E-state index is 0.152. The number of fused-ring (bicyclic) bond motifs is 1. The molecule has 2 atom stereocenters. The van der Waals surface area contributed by atoms with Gasteiger partial charge in [0.2, 0.25) is 0 Å². The zero-order chi connectivity index (χ0) is 25.8. The molecule has 12 heteroatoms. The number of nitrogens with one attached hydrogen (secondary N) is 2. The Morgan fingerprint density at radius 2 is 2.06 bits per heavy atom. The van der Waals surface area contributed by atoms with Crippen molar-refractivity contribution in [1.82, 2.24) is 19.8 Å². The number of benzene rings is 1. The largest absolute Gasteiger partial charge is 0.455 e. The summed E-state index contributed by atoms with van der Waals surface area (Å²) in [5.41, 5.74) is 1.06. The van der Waals surface area contributed by atoms with Crippen molar-refractivity contribution >= 4 is 34.7 Å². The quantitative estimate of drug-likeness (QED) is 0.468. The van der Waals surface area contributed by atoms with Crippen LogP contribution in [0.4, 0.5) is 19.3 Å². The van der Waals surface area contributed by atoms with Crippen molar-refractivity contribution in [3.05, 3.63) is 52.8 Å². The molecule has 1 saturated heterocycles. The number of hydrogen-bond acceptors (Lipinski definition) is 5. The zero-order valence-corrected chi connectivity index (χ0v) is 20.3. The topological polar surface area (TPSA) is 108 Å². The van der Waals surface area contributed by atoms with E-state index in [1.165, 1.54) is 18.3 Å². The van der Waals surface area contributed by atoms with Gasteiger partial charge in [-0.3, -0.25) is 4.79 Å². The third kappa shape index (κ3) is 4.68. The molecule has 3 amide bonds. The lowest BCUT2D eigenvalue weighted by molar-refractivity contribution is 0.0572. The van der Waals surface area contributed by atoms with Crippen molar-refractivity contribution in [2.75, 3.05) is 18.4 Å². The van der Waals surface area contributed by atoms with Crippen LogP contribution in [0.5, 0.6) is 11.5 Å². The van der Waals surface area contributed by atoms with Crippen LogP contribution >= 0.6 is 11.6 Å². The van der Waals surface area contributed by atoms with Crippen LogP contribution in [0.25, 0.3) is 5.52 Å². The van der Waals surface area contributed by atoms with E-state index in [9.17, 15) is 23.5 Å². The molecule has 2 aliphatic rings. The number of rotatable bonds is 5. The second-order valence-electron chi connectivity index (χ2n) is 9.49. The van der Waals surface area contributed by atoms with Gasteiger partial charge in [-0.1, -0.05) is 11.6 Å².